The minimum atomic E-state index is 0.706. The maximum atomic E-state index is 4.46. The molecule has 0 amide bonds. The quantitative estimate of drug-likeness (QED) is 0.725. The second-order valence-corrected chi connectivity index (χ2v) is 5.37. The molecule has 22 heavy (non-hydrogen) atoms. The molecule has 0 aromatic carbocycles. The van der Waals surface area contributed by atoms with Crippen LogP contribution < -0.4 is 4.90 Å². The highest BCUT2D eigenvalue weighted by Gasteiger charge is 2.09. The topological polar surface area (TPSA) is 51.8 Å². The van der Waals surface area contributed by atoms with Crippen LogP contribution in [0.3, 0.4) is 0 Å². The van der Waals surface area contributed by atoms with Gasteiger partial charge in [0.1, 0.15) is 11.6 Å². The van der Waals surface area contributed by atoms with Crippen LogP contribution >= 0.6 is 0 Å². The summed E-state index contributed by atoms with van der Waals surface area (Å²) in [5.74, 6) is 1.84. The maximum Gasteiger partial charge on any atom is 0.141 e. The SMILES string of the molecule is CCn1cnc(Cn2ccnc2-c2ccc(N(C)C)nc2)c1. The third kappa shape index (κ3) is 2.86. The Bertz CT molecular complexity index is 738. The summed E-state index contributed by atoms with van der Waals surface area (Å²) in [6.45, 7) is 3.74. The Labute approximate surface area is 130 Å². The Kier molecular flexibility index (Phi) is 3.91. The van der Waals surface area contributed by atoms with Gasteiger partial charge in [0.25, 0.3) is 0 Å². The maximum absolute atomic E-state index is 4.46. The van der Waals surface area contributed by atoms with Crippen molar-refractivity contribution in [2.24, 2.45) is 0 Å². The lowest BCUT2D eigenvalue weighted by Gasteiger charge is -2.11. The zero-order chi connectivity index (χ0) is 15.5. The summed E-state index contributed by atoms with van der Waals surface area (Å²) in [5.41, 5.74) is 2.03. The summed E-state index contributed by atoms with van der Waals surface area (Å²) in [4.78, 5) is 15.3. The zero-order valence-electron chi connectivity index (χ0n) is 13.1. The van der Waals surface area contributed by atoms with E-state index < -0.39 is 0 Å². The van der Waals surface area contributed by atoms with Crippen molar-refractivity contribution >= 4 is 5.82 Å². The van der Waals surface area contributed by atoms with Crippen LogP contribution in [0, 0.1) is 0 Å². The van der Waals surface area contributed by atoms with Crippen LogP contribution in [-0.2, 0) is 13.1 Å². The van der Waals surface area contributed by atoms with Crippen LogP contribution in [-0.4, -0.2) is 38.2 Å². The molecule has 0 saturated heterocycles. The number of anilines is 1. The number of hydrogen-bond donors (Lipinski definition) is 0. The van der Waals surface area contributed by atoms with Crippen molar-refractivity contribution in [1.82, 2.24) is 24.1 Å². The molecule has 0 radical (unpaired) electrons. The highest BCUT2D eigenvalue weighted by molar-refractivity contribution is 5.56. The Balaban J connectivity index is 1.85. The van der Waals surface area contributed by atoms with E-state index in [0.717, 1.165) is 29.4 Å². The van der Waals surface area contributed by atoms with Crippen LogP contribution in [0.2, 0.25) is 0 Å². The molecule has 0 spiro atoms. The number of aryl methyl sites for hydroxylation is 1. The van der Waals surface area contributed by atoms with Gasteiger partial charge in [-0.05, 0) is 19.1 Å². The molecule has 114 valence electrons. The summed E-state index contributed by atoms with van der Waals surface area (Å²) in [6, 6.07) is 4.05. The Hall–Kier alpha value is -2.63. The number of hydrogen-bond acceptors (Lipinski definition) is 4. The lowest BCUT2D eigenvalue weighted by atomic mass is 10.2. The molecule has 0 unspecified atom stereocenters. The van der Waals surface area contributed by atoms with Gasteiger partial charge in [0, 0.05) is 51.0 Å². The number of rotatable bonds is 5. The van der Waals surface area contributed by atoms with Gasteiger partial charge in [-0.1, -0.05) is 0 Å². The lowest BCUT2D eigenvalue weighted by Crippen LogP contribution is -2.10. The van der Waals surface area contributed by atoms with Gasteiger partial charge in [-0.15, -0.1) is 0 Å². The third-order valence-corrected chi connectivity index (χ3v) is 3.56. The molecule has 3 rings (SSSR count). The van der Waals surface area contributed by atoms with Crippen molar-refractivity contribution in [3.8, 4) is 11.4 Å². The van der Waals surface area contributed by atoms with Crippen molar-refractivity contribution in [3.63, 3.8) is 0 Å². The van der Waals surface area contributed by atoms with Gasteiger partial charge in [-0.3, -0.25) is 0 Å². The van der Waals surface area contributed by atoms with Crippen molar-refractivity contribution in [1.29, 1.82) is 0 Å². The first-order chi connectivity index (χ1) is 10.7. The first kappa shape index (κ1) is 14.3. The van der Waals surface area contributed by atoms with Gasteiger partial charge >= 0.3 is 0 Å². The van der Waals surface area contributed by atoms with Gasteiger partial charge < -0.3 is 14.0 Å². The highest BCUT2D eigenvalue weighted by atomic mass is 15.1. The molecule has 6 heteroatoms. The van der Waals surface area contributed by atoms with Gasteiger partial charge in [0.05, 0.1) is 18.6 Å². The minimum absolute atomic E-state index is 0.706. The fourth-order valence-electron chi connectivity index (χ4n) is 2.32. The average molecular weight is 296 g/mol. The van der Waals surface area contributed by atoms with Crippen LogP contribution in [0.1, 0.15) is 12.6 Å². The Morgan fingerprint density at radius 3 is 2.64 bits per heavy atom. The standard InChI is InChI=1S/C16H20N6/c1-4-21-10-14(19-12-21)11-22-8-7-17-16(22)13-5-6-15(18-9-13)20(2)3/h5-10,12H,4,11H2,1-3H3. The summed E-state index contributed by atoms with van der Waals surface area (Å²) in [6.07, 6.45) is 9.57. The predicted octanol–water partition coefficient (Wildman–Crippen LogP) is 2.28. The second kappa shape index (κ2) is 6.01. The van der Waals surface area contributed by atoms with E-state index in [2.05, 4.69) is 37.2 Å². The summed E-state index contributed by atoms with van der Waals surface area (Å²) in [5, 5.41) is 0. The highest BCUT2D eigenvalue weighted by Crippen LogP contribution is 2.19. The summed E-state index contributed by atoms with van der Waals surface area (Å²) in [7, 11) is 3.96. The third-order valence-electron chi connectivity index (χ3n) is 3.56. The van der Waals surface area contributed by atoms with Crippen LogP contribution in [0.4, 0.5) is 5.82 Å². The van der Waals surface area contributed by atoms with E-state index >= 15 is 0 Å². The molecule has 6 nitrogen and oxygen atoms in total. The van der Waals surface area contributed by atoms with Gasteiger partial charge in [0.2, 0.25) is 0 Å². The van der Waals surface area contributed by atoms with Crippen molar-refractivity contribution in [2.75, 3.05) is 19.0 Å². The molecule has 0 saturated carbocycles. The normalized spacial score (nSPS) is 10.9. The molecule has 0 aliphatic heterocycles. The van der Waals surface area contributed by atoms with E-state index in [-0.39, 0.29) is 0 Å². The molecule has 0 fully saturated rings. The minimum Gasteiger partial charge on any atom is -0.363 e. The first-order valence-corrected chi connectivity index (χ1v) is 7.33. The van der Waals surface area contributed by atoms with E-state index in [0.29, 0.717) is 6.54 Å². The largest absolute Gasteiger partial charge is 0.363 e. The number of imidazole rings is 2. The fourth-order valence-corrected chi connectivity index (χ4v) is 2.32. The average Bonchev–Trinajstić information content (AvgIpc) is 3.17. The van der Waals surface area contributed by atoms with Gasteiger partial charge in [-0.25, -0.2) is 15.0 Å². The molecular formula is C16H20N6. The van der Waals surface area contributed by atoms with E-state index in [9.17, 15) is 0 Å². The van der Waals surface area contributed by atoms with Gasteiger partial charge in [0.15, 0.2) is 0 Å². The molecule has 0 bridgehead atoms. The van der Waals surface area contributed by atoms with E-state index in [1.165, 1.54) is 0 Å². The van der Waals surface area contributed by atoms with E-state index in [4.69, 9.17) is 0 Å². The molecular weight excluding hydrogens is 276 g/mol. The second-order valence-electron chi connectivity index (χ2n) is 5.37. The Morgan fingerprint density at radius 1 is 1.14 bits per heavy atom. The van der Waals surface area contributed by atoms with Crippen LogP contribution in [0.25, 0.3) is 11.4 Å². The number of pyridine rings is 1. The molecule has 3 heterocycles. The fraction of sp³-hybridized carbons (Fsp3) is 0.312. The molecule has 0 N–H and O–H groups in total. The van der Waals surface area contributed by atoms with Crippen LogP contribution in [0.15, 0.2) is 43.2 Å². The van der Waals surface area contributed by atoms with Crippen molar-refractivity contribution < 1.29 is 0 Å². The molecule has 0 atom stereocenters. The van der Waals surface area contributed by atoms with Crippen LogP contribution in [0.5, 0.6) is 0 Å². The lowest BCUT2D eigenvalue weighted by molar-refractivity contribution is 0.754. The predicted molar refractivity (Wildman–Crippen MR) is 86.8 cm³/mol. The molecule has 0 aliphatic carbocycles. The number of nitrogens with zero attached hydrogens (tertiary/aromatic N) is 6. The zero-order valence-corrected chi connectivity index (χ0v) is 13.1. The Morgan fingerprint density at radius 2 is 2.00 bits per heavy atom. The van der Waals surface area contributed by atoms with Crippen molar-refractivity contribution in [3.05, 3.63) is 48.9 Å². The van der Waals surface area contributed by atoms with Gasteiger partial charge in [-0.2, -0.15) is 0 Å². The molecule has 0 aliphatic rings. The summed E-state index contributed by atoms with van der Waals surface area (Å²) < 4.78 is 4.16. The number of aromatic nitrogens is 5. The first-order valence-electron chi connectivity index (χ1n) is 7.33. The molecule has 3 aromatic heterocycles. The molecule has 3 aromatic rings. The van der Waals surface area contributed by atoms with E-state index in [1.54, 1.807) is 0 Å². The van der Waals surface area contributed by atoms with Crippen molar-refractivity contribution in [2.45, 2.75) is 20.0 Å². The summed E-state index contributed by atoms with van der Waals surface area (Å²) >= 11 is 0. The smallest absolute Gasteiger partial charge is 0.141 e. The monoisotopic (exact) mass is 296 g/mol. The van der Waals surface area contributed by atoms with E-state index in [1.807, 2.05) is 56.0 Å².